The molecule has 7 heteroatoms. The molecule has 2 rings (SSSR count). The van der Waals surface area contributed by atoms with E-state index in [4.69, 9.17) is 4.74 Å². The van der Waals surface area contributed by atoms with Crippen molar-refractivity contribution in [3.05, 3.63) is 45.6 Å². The van der Waals surface area contributed by atoms with Crippen LogP contribution in [0.15, 0.2) is 40.0 Å². The third-order valence-corrected chi connectivity index (χ3v) is 3.90. The molecule has 124 valence electrons. The van der Waals surface area contributed by atoms with Gasteiger partial charge in [-0.1, -0.05) is 28.1 Å². The molecule has 6 nitrogen and oxygen atoms in total. The van der Waals surface area contributed by atoms with Crippen molar-refractivity contribution >= 4 is 27.9 Å². The van der Waals surface area contributed by atoms with Crippen LogP contribution in [0.25, 0.3) is 0 Å². The number of carbonyl (C=O) groups is 2. The lowest BCUT2D eigenvalue weighted by Crippen LogP contribution is -2.46. The number of amides is 2. The average Bonchev–Trinajstić information content (AvgIpc) is 2.50. The van der Waals surface area contributed by atoms with Crippen LogP contribution in [0.5, 0.6) is 0 Å². The standard InChI is InChI=1S/C16H20BrN3O3/c1-3-23-15(21)13-8-18-16(22)19-14(13)10-20(2)9-11-4-6-12(17)7-5-11/h4-7H,3,8-10H2,1-2H3,(H2,18,19,22). The number of benzene rings is 1. The van der Waals surface area contributed by atoms with Gasteiger partial charge in [-0.15, -0.1) is 0 Å². The minimum Gasteiger partial charge on any atom is -0.463 e. The Morgan fingerprint density at radius 2 is 2.00 bits per heavy atom. The first-order chi connectivity index (χ1) is 11.0. The van der Waals surface area contributed by atoms with Gasteiger partial charge in [-0.25, -0.2) is 9.59 Å². The smallest absolute Gasteiger partial charge is 0.337 e. The molecule has 1 aliphatic rings. The highest BCUT2D eigenvalue weighted by molar-refractivity contribution is 9.10. The number of halogens is 1. The molecule has 1 heterocycles. The fourth-order valence-corrected chi connectivity index (χ4v) is 2.57. The number of nitrogens with one attached hydrogen (secondary N) is 2. The molecular weight excluding hydrogens is 362 g/mol. The molecule has 1 aliphatic heterocycles. The molecule has 0 atom stereocenters. The molecule has 1 aromatic rings. The Kier molecular flexibility index (Phi) is 6.18. The molecule has 0 saturated carbocycles. The maximum absolute atomic E-state index is 12.0. The number of hydrogen-bond acceptors (Lipinski definition) is 4. The molecule has 2 N–H and O–H groups in total. The summed E-state index contributed by atoms with van der Waals surface area (Å²) in [6, 6.07) is 7.73. The normalized spacial score (nSPS) is 14.5. The van der Waals surface area contributed by atoms with E-state index < -0.39 is 5.97 Å². The highest BCUT2D eigenvalue weighted by atomic mass is 79.9. The Hall–Kier alpha value is -1.86. The fourth-order valence-electron chi connectivity index (χ4n) is 2.31. The molecule has 0 bridgehead atoms. The molecular formula is C16H20BrN3O3. The number of nitrogens with zero attached hydrogens (tertiary/aromatic N) is 1. The lowest BCUT2D eigenvalue weighted by molar-refractivity contribution is -0.138. The van der Waals surface area contributed by atoms with Gasteiger partial charge in [-0.05, 0) is 31.7 Å². The monoisotopic (exact) mass is 381 g/mol. The van der Waals surface area contributed by atoms with Crippen LogP contribution in [0, 0.1) is 0 Å². The van der Waals surface area contributed by atoms with Gasteiger partial charge in [-0.2, -0.15) is 0 Å². The van der Waals surface area contributed by atoms with E-state index in [0.29, 0.717) is 31.0 Å². The van der Waals surface area contributed by atoms with Crippen molar-refractivity contribution in [1.29, 1.82) is 0 Å². The second kappa shape index (κ2) is 8.12. The predicted octanol–water partition coefficient (Wildman–Crippen LogP) is 2.01. The van der Waals surface area contributed by atoms with Crippen molar-refractivity contribution in [3.63, 3.8) is 0 Å². The fraction of sp³-hybridized carbons (Fsp3) is 0.375. The van der Waals surface area contributed by atoms with Gasteiger partial charge in [0.2, 0.25) is 0 Å². The number of hydrogen-bond donors (Lipinski definition) is 2. The first-order valence-corrected chi connectivity index (χ1v) is 8.16. The van der Waals surface area contributed by atoms with Gasteiger partial charge in [0.15, 0.2) is 0 Å². The quantitative estimate of drug-likeness (QED) is 0.739. The van der Waals surface area contributed by atoms with Crippen LogP contribution in [0.3, 0.4) is 0 Å². The SMILES string of the molecule is CCOC(=O)C1=C(CN(C)Cc2ccc(Br)cc2)NC(=O)NC1. The van der Waals surface area contributed by atoms with Crippen LogP contribution < -0.4 is 10.6 Å². The van der Waals surface area contributed by atoms with Crippen LogP contribution in [0.2, 0.25) is 0 Å². The average molecular weight is 382 g/mol. The van der Waals surface area contributed by atoms with E-state index in [0.717, 1.165) is 10.0 Å². The van der Waals surface area contributed by atoms with Crippen LogP contribution >= 0.6 is 15.9 Å². The number of carbonyl (C=O) groups excluding carboxylic acids is 2. The van der Waals surface area contributed by atoms with Gasteiger partial charge in [-0.3, -0.25) is 4.90 Å². The van der Waals surface area contributed by atoms with Crippen molar-refractivity contribution in [1.82, 2.24) is 15.5 Å². The van der Waals surface area contributed by atoms with Crippen LogP contribution in [0.1, 0.15) is 12.5 Å². The highest BCUT2D eigenvalue weighted by Crippen LogP contribution is 2.14. The zero-order chi connectivity index (χ0) is 16.8. The van der Waals surface area contributed by atoms with Crippen molar-refractivity contribution in [2.45, 2.75) is 13.5 Å². The van der Waals surface area contributed by atoms with E-state index in [1.165, 1.54) is 0 Å². The first-order valence-electron chi connectivity index (χ1n) is 7.36. The Balaban J connectivity index is 2.08. The summed E-state index contributed by atoms with van der Waals surface area (Å²) in [7, 11) is 1.94. The second-order valence-corrected chi connectivity index (χ2v) is 6.20. The summed E-state index contributed by atoms with van der Waals surface area (Å²) in [6.45, 7) is 3.41. The minimum atomic E-state index is -0.396. The first kappa shape index (κ1) is 17.5. The summed E-state index contributed by atoms with van der Waals surface area (Å²) in [6.07, 6.45) is 0. The van der Waals surface area contributed by atoms with E-state index in [2.05, 4.69) is 26.6 Å². The number of urea groups is 1. The van der Waals surface area contributed by atoms with Gasteiger partial charge >= 0.3 is 12.0 Å². The lowest BCUT2D eigenvalue weighted by atomic mass is 10.1. The predicted molar refractivity (Wildman–Crippen MR) is 90.7 cm³/mol. The molecule has 0 aliphatic carbocycles. The lowest BCUT2D eigenvalue weighted by Gasteiger charge is -2.25. The molecule has 2 amide bonds. The van der Waals surface area contributed by atoms with Crippen LogP contribution in [-0.2, 0) is 16.1 Å². The highest BCUT2D eigenvalue weighted by Gasteiger charge is 2.24. The Bertz CT molecular complexity index is 614. The van der Waals surface area contributed by atoms with Crippen LogP contribution in [0.4, 0.5) is 4.79 Å². The van der Waals surface area contributed by atoms with Gasteiger partial charge in [0.1, 0.15) is 0 Å². The Morgan fingerprint density at radius 1 is 1.30 bits per heavy atom. The van der Waals surface area contributed by atoms with E-state index in [-0.39, 0.29) is 12.6 Å². The molecule has 0 aromatic heterocycles. The Labute approximate surface area is 144 Å². The van der Waals surface area contributed by atoms with Crippen LogP contribution in [-0.4, -0.2) is 43.6 Å². The third-order valence-electron chi connectivity index (χ3n) is 3.37. The number of ether oxygens (including phenoxy) is 1. The van der Waals surface area contributed by atoms with Crippen molar-refractivity contribution in [3.8, 4) is 0 Å². The van der Waals surface area contributed by atoms with Crippen molar-refractivity contribution < 1.29 is 14.3 Å². The van der Waals surface area contributed by atoms with Gasteiger partial charge < -0.3 is 15.4 Å². The van der Waals surface area contributed by atoms with Gasteiger partial charge in [0.05, 0.1) is 18.7 Å². The maximum Gasteiger partial charge on any atom is 0.337 e. The summed E-state index contributed by atoms with van der Waals surface area (Å²) in [4.78, 5) is 25.6. The van der Waals surface area contributed by atoms with Crippen molar-refractivity contribution in [2.24, 2.45) is 0 Å². The topological polar surface area (TPSA) is 70.7 Å². The summed E-state index contributed by atoms with van der Waals surface area (Å²) in [5, 5.41) is 5.31. The molecule has 0 unspecified atom stereocenters. The molecule has 1 aromatic carbocycles. The molecule has 0 spiro atoms. The number of rotatable bonds is 6. The summed E-state index contributed by atoms with van der Waals surface area (Å²) < 4.78 is 6.08. The van der Waals surface area contributed by atoms with E-state index in [9.17, 15) is 9.59 Å². The van der Waals surface area contributed by atoms with E-state index in [1.54, 1.807) is 6.92 Å². The van der Waals surface area contributed by atoms with E-state index >= 15 is 0 Å². The second-order valence-electron chi connectivity index (χ2n) is 5.28. The maximum atomic E-state index is 12.0. The van der Waals surface area contributed by atoms with Gasteiger partial charge in [0.25, 0.3) is 0 Å². The molecule has 23 heavy (non-hydrogen) atoms. The van der Waals surface area contributed by atoms with Gasteiger partial charge in [0, 0.05) is 23.3 Å². The summed E-state index contributed by atoms with van der Waals surface area (Å²) in [5.74, 6) is -0.396. The van der Waals surface area contributed by atoms with E-state index in [1.807, 2.05) is 36.2 Å². The van der Waals surface area contributed by atoms with Crippen molar-refractivity contribution in [2.75, 3.05) is 26.7 Å². The number of likely N-dealkylation sites (N-methyl/N-ethyl adjacent to an activating group) is 1. The zero-order valence-corrected chi connectivity index (χ0v) is 14.8. The Morgan fingerprint density at radius 3 is 2.65 bits per heavy atom. The molecule has 0 radical (unpaired) electrons. The molecule has 0 saturated heterocycles. The zero-order valence-electron chi connectivity index (χ0n) is 13.2. The minimum absolute atomic E-state index is 0.187. The summed E-state index contributed by atoms with van der Waals surface area (Å²) >= 11 is 3.41. The molecule has 0 fully saturated rings. The largest absolute Gasteiger partial charge is 0.463 e. The summed E-state index contributed by atoms with van der Waals surface area (Å²) in [5.41, 5.74) is 2.20. The third kappa shape index (κ3) is 5.07. The number of esters is 1.